The molecule has 3 heteroatoms. The van der Waals surface area contributed by atoms with Crippen molar-refractivity contribution in [3.63, 3.8) is 0 Å². The van der Waals surface area contributed by atoms with Crippen molar-refractivity contribution in [3.8, 4) is 0 Å². The third kappa shape index (κ3) is 1.64. The fourth-order valence-electron chi connectivity index (χ4n) is 1.37. The monoisotopic (exact) mass is 157 g/mol. The smallest absolute Gasteiger partial charge is 0.407 e. The first-order valence-electron chi connectivity index (χ1n) is 4.12. The fraction of sp³-hybridized carbons (Fsp3) is 0.875. The van der Waals surface area contributed by atoms with Crippen LogP contribution in [0.5, 0.6) is 0 Å². The maximum absolute atomic E-state index is 10.9. The molecule has 0 saturated carbocycles. The van der Waals surface area contributed by atoms with Gasteiger partial charge >= 0.3 is 6.09 Å². The lowest BCUT2D eigenvalue weighted by atomic mass is 9.94. The van der Waals surface area contributed by atoms with E-state index in [0.29, 0.717) is 5.92 Å². The lowest BCUT2D eigenvalue weighted by molar-refractivity contribution is 0.0237. The molecule has 1 fully saturated rings. The van der Waals surface area contributed by atoms with Crippen LogP contribution in [0.15, 0.2) is 0 Å². The normalized spacial score (nSPS) is 37.7. The molecule has 1 saturated heterocycles. The summed E-state index contributed by atoms with van der Waals surface area (Å²) in [6.45, 7) is 6.14. The number of hydrogen-bond donors (Lipinski definition) is 1. The number of carbonyl (C=O) groups excluding carboxylic acids is 1. The van der Waals surface area contributed by atoms with Crippen LogP contribution >= 0.6 is 0 Å². The minimum absolute atomic E-state index is 0.0961. The molecule has 0 aliphatic carbocycles. The van der Waals surface area contributed by atoms with Crippen molar-refractivity contribution in [2.24, 2.45) is 5.92 Å². The van der Waals surface area contributed by atoms with Gasteiger partial charge in [0.05, 0.1) is 0 Å². The number of ether oxygens (including phenoxy) is 1. The molecule has 0 bridgehead atoms. The van der Waals surface area contributed by atoms with E-state index in [0.717, 1.165) is 6.42 Å². The average molecular weight is 157 g/mol. The number of alkyl carbamates (subject to hydrolysis) is 1. The maximum atomic E-state index is 10.9. The van der Waals surface area contributed by atoms with Gasteiger partial charge in [-0.3, -0.25) is 0 Å². The van der Waals surface area contributed by atoms with Crippen molar-refractivity contribution < 1.29 is 9.53 Å². The molecule has 1 aliphatic rings. The second-order valence-corrected chi connectivity index (χ2v) is 3.14. The Balaban J connectivity index is 2.58. The summed E-state index contributed by atoms with van der Waals surface area (Å²) in [5.74, 6) is 0.415. The quantitative estimate of drug-likeness (QED) is 0.626. The molecular weight excluding hydrogens is 142 g/mol. The Bertz CT molecular complexity index is 158. The van der Waals surface area contributed by atoms with Crippen LogP contribution in [-0.4, -0.2) is 18.2 Å². The van der Waals surface area contributed by atoms with E-state index >= 15 is 0 Å². The van der Waals surface area contributed by atoms with Gasteiger partial charge in [0.25, 0.3) is 0 Å². The molecule has 0 radical (unpaired) electrons. The molecule has 1 rings (SSSR count). The maximum Gasteiger partial charge on any atom is 0.407 e. The van der Waals surface area contributed by atoms with Crippen LogP contribution in [0.2, 0.25) is 0 Å². The van der Waals surface area contributed by atoms with E-state index in [1.165, 1.54) is 0 Å². The predicted molar refractivity (Wildman–Crippen MR) is 42.3 cm³/mol. The molecule has 1 aliphatic heterocycles. The second-order valence-electron chi connectivity index (χ2n) is 3.14. The minimum atomic E-state index is -0.276. The Labute approximate surface area is 67.1 Å². The molecule has 0 aromatic rings. The molecule has 1 N–H and O–H groups in total. The highest BCUT2D eigenvalue weighted by molar-refractivity contribution is 5.68. The standard InChI is InChI=1S/C8H15NO2/c1-4-7-5(2)6(3)9-8(10)11-7/h5-7H,4H2,1-3H3,(H,9,10). The van der Waals surface area contributed by atoms with Crippen LogP contribution in [0.1, 0.15) is 27.2 Å². The van der Waals surface area contributed by atoms with Gasteiger partial charge in [0.15, 0.2) is 0 Å². The first kappa shape index (κ1) is 8.37. The van der Waals surface area contributed by atoms with E-state index in [1.807, 2.05) is 13.8 Å². The molecule has 0 spiro atoms. The molecule has 0 aromatic heterocycles. The number of carbonyl (C=O) groups is 1. The van der Waals surface area contributed by atoms with Crippen LogP contribution in [0.4, 0.5) is 4.79 Å². The zero-order valence-corrected chi connectivity index (χ0v) is 7.26. The summed E-state index contributed by atoms with van der Waals surface area (Å²) < 4.78 is 5.07. The number of nitrogens with one attached hydrogen (secondary N) is 1. The Morgan fingerprint density at radius 1 is 1.55 bits per heavy atom. The van der Waals surface area contributed by atoms with Gasteiger partial charge in [0.2, 0.25) is 0 Å². The van der Waals surface area contributed by atoms with E-state index in [-0.39, 0.29) is 18.2 Å². The van der Waals surface area contributed by atoms with Crippen LogP contribution in [0.3, 0.4) is 0 Å². The molecule has 1 amide bonds. The fourth-order valence-corrected chi connectivity index (χ4v) is 1.37. The summed E-state index contributed by atoms with van der Waals surface area (Å²) in [5, 5.41) is 2.73. The van der Waals surface area contributed by atoms with Gasteiger partial charge in [0, 0.05) is 12.0 Å². The molecule has 0 aromatic carbocycles. The second kappa shape index (κ2) is 3.11. The summed E-state index contributed by atoms with van der Waals surface area (Å²) in [5.41, 5.74) is 0. The van der Waals surface area contributed by atoms with Crippen molar-refractivity contribution in [3.05, 3.63) is 0 Å². The zero-order chi connectivity index (χ0) is 8.43. The molecule has 11 heavy (non-hydrogen) atoms. The van der Waals surface area contributed by atoms with Gasteiger partial charge in [-0.15, -0.1) is 0 Å². The van der Waals surface area contributed by atoms with Crippen molar-refractivity contribution >= 4 is 6.09 Å². The van der Waals surface area contributed by atoms with Crippen molar-refractivity contribution in [2.45, 2.75) is 39.3 Å². The number of cyclic esters (lactones) is 1. The van der Waals surface area contributed by atoms with Crippen molar-refractivity contribution in [1.29, 1.82) is 0 Å². The Hall–Kier alpha value is -0.730. The zero-order valence-electron chi connectivity index (χ0n) is 7.26. The van der Waals surface area contributed by atoms with E-state index in [2.05, 4.69) is 12.2 Å². The van der Waals surface area contributed by atoms with E-state index in [1.54, 1.807) is 0 Å². The van der Waals surface area contributed by atoms with Gasteiger partial charge in [-0.25, -0.2) is 4.79 Å². The van der Waals surface area contributed by atoms with Crippen LogP contribution in [-0.2, 0) is 4.74 Å². The van der Waals surface area contributed by atoms with Gasteiger partial charge < -0.3 is 10.1 Å². The Morgan fingerprint density at radius 2 is 2.18 bits per heavy atom. The van der Waals surface area contributed by atoms with Gasteiger partial charge in [-0.05, 0) is 13.3 Å². The van der Waals surface area contributed by atoms with E-state index in [9.17, 15) is 4.79 Å². The van der Waals surface area contributed by atoms with Crippen molar-refractivity contribution in [1.82, 2.24) is 5.32 Å². The van der Waals surface area contributed by atoms with Gasteiger partial charge in [-0.2, -0.15) is 0 Å². The van der Waals surface area contributed by atoms with Gasteiger partial charge in [0.1, 0.15) is 6.10 Å². The minimum Gasteiger partial charge on any atom is -0.446 e. The summed E-state index contributed by atoms with van der Waals surface area (Å²) in [6, 6.07) is 0.237. The molecular formula is C8H15NO2. The number of rotatable bonds is 1. The highest BCUT2D eigenvalue weighted by atomic mass is 16.6. The lowest BCUT2D eigenvalue weighted by Crippen LogP contribution is -2.49. The summed E-state index contributed by atoms with van der Waals surface area (Å²) in [7, 11) is 0. The molecule has 3 nitrogen and oxygen atoms in total. The van der Waals surface area contributed by atoms with E-state index < -0.39 is 0 Å². The van der Waals surface area contributed by atoms with Crippen molar-refractivity contribution in [2.75, 3.05) is 0 Å². The van der Waals surface area contributed by atoms with Crippen LogP contribution in [0.25, 0.3) is 0 Å². The average Bonchev–Trinajstić information content (AvgIpc) is 1.96. The predicted octanol–water partition coefficient (Wildman–Crippen LogP) is 1.53. The Morgan fingerprint density at radius 3 is 2.73 bits per heavy atom. The lowest BCUT2D eigenvalue weighted by Gasteiger charge is -2.33. The largest absolute Gasteiger partial charge is 0.446 e. The topological polar surface area (TPSA) is 38.3 Å². The van der Waals surface area contributed by atoms with Crippen LogP contribution in [0, 0.1) is 5.92 Å². The SMILES string of the molecule is CCC1OC(=O)NC(C)C1C. The summed E-state index contributed by atoms with van der Waals surface area (Å²) in [4.78, 5) is 10.9. The first-order chi connectivity index (χ1) is 5.15. The summed E-state index contributed by atoms with van der Waals surface area (Å²) >= 11 is 0. The molecule has 1 heterocycles. The number of hydrogen-bond acceptors (Lipinski definition) is 2. The van der Waals surface area contributed by atoms with Gasteiger partial charge in [-0.1, -0.05) is 13.8 Å². The Kier molecular flexibility index (Phi) is 2.37. The number of amides is 1. The van der Waals surface area contributed by atoms with E-state index in [4.69, 9.17) is 4.74 Å². The summed E-state index contributed by atoms with van der Waals surface area (Å²) in [6.07, 6.45) is 0.722. The third-order valence-electron chi connectivity index (χ3n) is 2.38. The highest BCUT2D eigenvalue weighted by Crippen LogP contribution is 2.19. The third-order valence-corrected chi connectivity index (χ3v) is 2.38. The highest BCUT2D eigenvalue weighted by Gasteiger charge is 2.30. The molecule has 64 valence electrons. The molecule has 3 unspecified atom stereocenters. The first-order valence-corrected chi connectivity index (χ1v) is 4.12. The molecule has 3 atom stereocenters. The van der Waals surface area contributed by atoms with Crippen LogP contribution < -0.4 is 5.32 Å².